The number of benzene rings is 1. The Morgan fingerprint density at radius 3 is 2.33 bits per heavy atom. The van der Waals surface area contributed by atoms with Gasteiger partial charge < -0.3 is 21.1 Å². The normalized spacial score (nSPS) is 17.0. The molecule has 1 saturated carbocycles. The maximum absolute atomic E-state index is 13.5. The van der Waals surface area contributed by atoms with E-state index in [1.807, 2.05) is 4.90 Å². The minimum Gasteiger partial charge on any atom is -0.378 e. The van der Waals surface area contributed by atoms with Crippen LogP contribution in [0.3, 0.4) is 0 Å². The third kappa shape index (κ3) is 4.34. The van der Waals surface area contributed by atoms with Crippen LogP contribution in [0.2, 0.25) is 0 Å². The summed E-state index contributed by atoms with van der Waals surface area (Å²) in [4.78, 5) is 14.4. The summed E-state index contributed by atoms with van der Waals surface area (Å²) in [5.74, 6) is 0.519. The van der Waals surface area contributed by atoms with Gasteiger partial charge in [0.15, 0.2) is 5.82 Å². The highest BCUT2D eigenvalue weighted by Gasteiger charge is 2.22. The van der Waals surface area contributed by atoms with Crippen LogP contribution in [-0.2, 0) is 4.74 Å². The molecule has 2 aliphatic rings. The van der Waals surface area contributed by atoms with E-state index in [9.17, 15) is 8.78 Å². The van der Waals surface area contributed by atoms with E-state index >= 15 is 0 Å². The Balaban J connectivity index is 0.000000383. The van der Waals surface area contributed by atoms with Crippen LogP contribution in [0.5, 0.6) is 0 Å². The SMILES string of the molecule is NC1CCC1.Nc1nc(N2CCOCC2)cc(-n2c(C(F)F)nc3ccccc32)n1. The lowest BCUT2D eigenvalue weighted by molar-refractivity contribution is 0.122. The zero-order valence-corrected chi connectivity index (χ0v) is 16.5. The second-order valence-electron chi connectivity index (χ2n) is 7.33. The van der Waals surface area contributed by atoms with Gasteiger partial charge in [-0.05, 0) is 25.0 Å². The molecule has 2 aromatic heterocycles. The molecule has 160 valence electrons. The number of anilines is 2. The number of nitrogens with zero attached hydrogens (tertiary/aromatic N) is 5. The second kappa shape index (κ2) is 8.88. The second-order valence-corrected chi connectivity index (χ2v) is 7.33. The molecule has 1 aromatic carbocycles. The number of para-hydroxylation sites is 2. The molecule has 0 radical (unpaired) electrons. The van der Waals surface area contributed by atoms with E-state index in [4.69, 9.17) is 16.2 Å². The molecule has 0 atom stereocenters. The van der Waals surface area contributed by atoms with Crippen LogP contribution >= 0.6 is 0 Å². The average molecular weight is 417 g/mol. The van der Waals surface area contributed by atoms with Crippen molar-refractivity contribution in [3.8, 4) is 5.82 Å². The van der Waals surface area contributed by atoms with Crippen molar-refractivity contribution in [1.29, 1.82) is 0 Å². The minimum absolute atomic E-state index is 0.0250. The van der Waals surface area contributed by atoms with Gasteiger partial charge in [-0.3, -0.25) is 4.57 Å². The van der Waals surface area contributed by atoms with Crippen molar-refractivity contribution >= 4 is 22.8 Å². The summed E-state index contributed by atoms with van der Waals surface area (Å²) >= 11 is 0. The van der Waals surface area contributed by atoms with Crippen molar-refractivity contribution in [2.45, 2.75) is 31.7 Å². The third-order valence-corrected chi connectivity index (χ3v) is 5.21. The standard InChI is InChI=1S/C16H16F2N6O.C4H9N/c17-14(18)15-20-10-3-1-2-4-11(10)24(15)13-9-12(21-16(19)22-13)23-5-7-25-8-6-23;5-4-2-1-3-4/h1-4,9,14H,5-8H2,(H2,19,21,22);4H,1-3,5H2. The summed E-state index contributed by atoms with van der Waals surface area (Å²) in [7, 11) is 0. The molecule has 1 aliphatic carbocycles. The Labute approximate surface area is 172 Å². The van der Waals surface area contributed by atoms with E-state index in [1.54, 1.807) is 30.3 Å². The summed E-state index contributed by atoms with van der Waals surface area (Å²) in [6.07, 6.45) is 1.15. The lowest BCUT2D eigenvalue weighted by atomic mass is 9.95. The van der Waals surface area contributed by atoms with Gasteiger partial charge in [-0.15, -0.1) is 0 Å². The monoisotopic (exact) mass is 417 g/mol. The van der Waals surface area contributed by atoms with E-state index < -0.39 is 6.43 Å². The molecule has 1 saturated heterocycles. The number of ether oxygens (including phenoxy) is 1. The fourth-order valence-electron chi connectivity index (χ4n) is 3.38. The maximum atomic E-state index is 13.5. The van der Waals surface area contributed by atoms with Gasteiger partial charge in [0.2, 0.25) is 5.95 Å². The van der Waals surface area contributed by atoms with Crippen LogP contribution in [0, 0.1) is 0 Å². The van der Waals surface area contributed by atoms with E-state index in [1.165, 1.54) is 23.8 Å². The highest BCUT2D eigenvalue weighted by molar-refractivity contribution is 5.78. The summed E-state index contributed by atoms with van der Waals surface area (Å²) in [6.45, 7) is 2.47. The van der Waals surface area contributed by atoms with Crippen molar-refractivity contribution < 1.29 is 13.5 Å². The van der Waals surface area contributed by atoms with E-state index in [2.05, 4.69) is 15.0 Å². The predicted octanol–water partition coefficient (Wildman–Crippen LogP) is 2.67. The highest BCUT2D eigenvalue weighted by atomic mass is 19.3. The Kier molecular flexibility index (Phi) is 6.05. The molecule has 8 nitrogen and oxygen atoms in total. The molecule has 3 heterocycles. The molecular weight excluding hydrogens is 392 g/mol. The maximum Gasteiger partial charge on any atom is 0.296 e. The summed E-state index contributed by atoms with van der Waals surface area (Å²) < 4.78 is 33.7. The van der Waals surface area contributed by atoms with E-state index in [0.717, 1.165) is 0 Å². The van der Waals surface area contributed by atoms with Gasteiger partial charge in [-0.25, -0.2) is 13.8 Å². The number of alkyl halides is 2. The first-order chi connectivity index (χ1) is 14.5. The number of halogens is 2. The highest BCUT2D eigenvalue weighted by Crippen LogP contribution is 2.28. The molecule has 0 amide bonds. The number of nitrogens with two attached hydrogens (primary N) is 2. The van der Waals surface area contributed by atoms with Crippen molar-refractivity contribution in [2.75, 3.05) is 36.9 Å². The Bertz CT molecular complexity index is 1000. The van der Waals surface area contributed by atoms with E-state index in [-0.39, 0.29) is 17.6 Å². The van der Waals surface area contributed by atoms with Crippen molar-refractivity contribution in [3.05, 3.63) is 36.2 Å². The van der Waals surface area contributed by atoms with Gasteiger partial charge in [-0.2, -0.15) is 9.97 Å². The number of nitrogen functional groups attached to an aromatic ring is 1. The fraction of sp³-hybridized carbons (Fsp3) is 0.450. The van der Waals surface area contributed by atoms with Crippen LogP contribution in [-0.4, -0.2) is 51.9 Å². The number of hydrogen-bond acceptors (Lipinski definition) is 7. The minimum atomic E-state index is -2.74. The number of imidazole rings is 1. The molecule has 3 aromatic rings. The van der Waals surface area contributed by atoms with Crippen LogP contribution < -0.4 is 16.4 Å². The van der Waals surface area contributed by atoms with Gasteiger partial charge in [0, 0.05) is 25.2 Å². The van der Waals surface area contributed by atoms with Crippen LogP contribution in [0.15, 0.2) is 30.3 Å². The third-order valence-electron chi connectivity index (χ3n) is 5.21. The molecule has 10 heteroatoms. The number of aromatic nitrogens is 4. The smallest absolute Gasteiger partial charge is 0.296 e. The zero-order valence-electron chi connectivity index (χ0n) is 16.5. The Morgan fingerprint density at radius 2 is 1.70 bits per heavy atom. The van der Waals surface area contributed by atoms with Gasteiger partial charge >= 0.3 is 0 Å². The topological polar surface area (TPSA) is 108 Å². The van der Waals surface area contributed by atoms with Gasteiger partial charge in [0.1, 0.15) is 11.6 Å². The first-order valence-corrected chi connectivity index (χ1v) is 10.0. The Morgan fingerprint density at radius 1 is 1.03 bits per heavy atom. The van der Waals surface area contributed by atoms with Crippen LogP contribution in [0.25, 0.3) is 16.9 Å². The van der Waals surface area contributed by atoms with Crippen LogP contribution in [0.1, 0.15) is 31.5 Å². The average Bonchev–Trinajstić information content (AvgIpc) is 3.13. The molecular formula is C20H25F2N7O. The number of fused-ring (bicyclic) bond motifs is 1. The van der Waals surface area contributed by atoms with Crippen LogP contribution in [0.4, 0.5) is 20.5 Å². The zero-order chi connectivity index (χ0) is 21.1. The molecule has 0 unspecified atom stereocenters. The molecule has 1 aliphatic heterocycles. The molecule has 0 bridgehead atoms. The number of hydrogen-bond donors (Lipinski definition) is 2. The van der Waals surface area contributed by atoms with Crippen molar-refractivity contribution in [3.63, 3.8) is 0 Å². The van der Waals surface area contributed by atoms with E-state index in [0.29, 0.717) is 49.2 Å². The first-order valence-electron chi connectivity index (χ1n) is 10.0. The molecule has 0 spiro atoms. The van der Waals surface area contributed by atoms with Crippen molar-refractivity contribution in [1.82, 2.24) is 19.5 Å². The summed E-state index contributed by atoms with van der Waals surface area (Å²) in [6, 6.07) is 9.15. The number of rotatable bonds is 3. The molecule has 30 heavy (non-hydrogen) atoms. The van der Waals surface area contributed by atoms with Gasteiger partial charge in [-0.1, -0.05) is 18.6 Å². The predicted molar refractivity (Wildman–Crippen MR) is 111 cm³/mol. The largest absolute Gasteiger partial charge is 0.378 e. The molecule has 4 N–H and O–H groups in total. The number of morpholine rings is 1. The summed E-state index contributed by atoms with van der Waals surface area (Å²) in [5, 5.41) is 0. The lowest BCUT2D eigenvalue weighted by Gasteiger charge is -2.28. The lowest BCUT2D eigenvalue weighted by Crippen LogP contribution is -2.37. The van der Waals surface area contributed by atoms with Crippen molar-refractivity contribution in [2.24, 2.45) is 5.73 Å². The van der Waals surface area contributed by atoms with Gasteiger partial charge in [0.25, 0.3) is 6.43 Å². The Hall–Kier alpha value is -2.85. The fourth-order valence-corrected chi connectivity index (χ4v) is 3.38. The van der Waals surface area contributed by atoms with Gasteiger partial charge in [0.05, 0.1) is 24.2 Å². The molecule has 2 fully saturated rings. The quantitative estimate of drug-likeness (QED) is 0.674. The first kappa shape index (κ1) is 20.4. The molecule has 5 rings (SSSR count). The summed E-state index contributed by atoms with van der Waals surface area (Å²) in [5.41, 5.74) is 12.2.